The van der Waals surface area contributed by atoms with Gasteiger partial charge < -0.3 is 14.2 Å². The van der Waals surface area contributed by atoms with Crippen molar-refractivity contribution in [1.82, 2.24) is 0 Å². The highest BCUT2D eigenvalue weighted by Gasteiger charge is 2.19. The van der Waals surface area contributed by atoms with E-state index in [-0.39, 0.29) is 31.1 Å². The standard InChI is InChI=1S/C68H116O6/c1-4-7-10-13-16-19-22-25-28-31-34-37-40-43-46-49-52-55-58-61-67(70)73-64-65(63-72-66(69)60-57-54-51-48-45-42-39-36-33-30-27-24-21-18-15-12-9-6-3)74-68(71)62-59-56-53-50-47-44-41-38-35-32-29-26-23-20-17-14-11-8-5-2/h7,10,16,19,24-25,27-28,30,33-34,36-37,39,43,46,65H,4-6,8-9,11-15,17-18,20-23,26,29,31-32,35,38,40-42,44-45,47-64H2,1-3H3/b10-7-,19-16-,27-24-,28-25-,33-30-,37-34-,39-36-,46-43-. The molecule has 0 bridgehead atoms. The number of ether oxygens (including phenoxy) is 3. The first kappa shape index (κ1) is 70.3. The Morgan fingerprint density at radius 2 is 0.581 bits per heavy atom. The van der Waals surface area contributed by atoms with Crippen LogP contribution in [0.15, 0.2) is 97.2 Å². The highest BCUT2D eigenvalue weighted by molar-refractivity contribution is 5.71. The van der Waals surface area contributed by atoms with Crippen LogP contribution in [-0.2, 0) is 28.6 Å². The number of unbranched alkanes of at least 4 members (excludes halogenated alkanes) is 31. The van der Waals surface area contributed by atoms with Gasteiger partial charge in [-0.2, -0.15) is 0 Å². The van der Waals surface area contributed by atoms with Gasteiger partial charge in [0.05, 0.1) is 0 Å². The Morgan fingerprint density at radius 1 is 0.297 bits per heavy atom. The molecule has 0 aromatic heterocycles. The molecule has 0 aromatic rings. The number of carbonyl (C=O) groups excluding carboxylic acids is 3. The normalized spacial score (nSPS) is 12.7. The Morgan fingerprint density at radius 3 is 0.946 bits per heavy atom. The van der Waals surface area contributed by atoms with Gasteiger partial charge in [-0.3, -0.25) is 14.4 Å². The fourth-order valence-corrected chi connectivity index (χ4v) is 8.71. The van der Waals surface area contributed by atoms with E-state index in [0.29, 0.717) is 19.3 Å². The van der Waals surface area contributed by atoms with Gasteiger partial charge in [-0.1, -0.05) is 285 Å². The molecule has 0 aliphatic heterocycles. The first-order valence-corrected chi connectivity index (χ1v) is 31.3. The third-order valence-corrected chi connectivity index (χ3v) is 13.4. The second-order valence-electron chi connectivity index (χ2n) is 20.6. The highest BCUT2D eigenvalue weighted by atomic mass is 16.6. The van der Waals surface area contributed by atoms with Gasteiger partial charge in [-0.15, -0.1) is 0 Å². The molecule has 0 heterocycles. The Kier molecular flexibility index (Phi) is 58.8. The fourth-order valence-electron chi connectivity index (χ4n) is 8.71. The lowest BCUT2D eigenvalue weighted by Gasteiger charge is -2.18. The van der Waals surface area contributed by atoms with Gasteiger partial charge in [0.1, 0.15) is 13.2 Å². The maximum Gasteiger partial charge on any atom is 0.306 e. The van der Waals surface area contributed by atoms with Gasteiger partial charge in [-0.05, 0) is 89.9 Å². The molecule has 6 heteroatoms. The largest absolute Gasteiger partial charge is 0.462 e. The van der Waals surface area contributed by atoms with Crippen LogP contribution in [0.1, 0.15) is 297 Å². The zero-order valence-electron chi connectivity index (χ0n) is 48.6. The average molecular weight is 1030 g/mol. The third-order valence-electron chi connectivity index (χ3n) is 13.4. The van der Waals surface area contributed by atoms with Gasteiger partial charge in [0.25, 0.3) is 0 Å². The molecule has 0 rings (SSSR count). The lowest BCUT2D eigenvalue weighted by molar-refractivity contribution is -0.167. The van der Waals surface area contributed by atoms with E-state index >= 15 is 0 Å². The summed E-state index contributed by atoms with van der Waals surface area (Å²) < 4.78 is 16.9. The van der Waals surface area contributed by atoms with Crippen LogP contribution in [0.5, 0.6) is 0 Å². The SMILES string of the molecule is CC/C=C\C/C=C\C/C=C\C/C=C\C/C=C\CCCCCC(=O)OCC(COC(=O)CCCCCCC\C=C/C=C\C=C/CCCCCCC)OC(=O)CCCCCCCCCCCCCCCCCCCCC. The maximum atomic E-state index is 12.9. The predicted molar refractivity (Wildman–Crippen MR) is 320 cm³/mol. The zero-order valence-corrected chi connectivity index (χ0v) is 48.6. The summed E-state index contributed by atoms with van der Waals surface area (Å²) in [5.74, 6) is -0.937. The van der Waals surface area contributed by atoms with Gasteiger partial charge in [0.2, 0.25) is 0 Å². The van der Waals surface area contributed by atoms with Crippen molar-refractivity contribution in [2.75, 3.05) is 13.2 Å². The molecule has 0 aromatic carbocycles. The van der Waals surface area contributed by atoms with Crippen molar-refractivity contribution in [3.63, 3.8) is 0 Å². The van der Waals surface area contributed by atoms with Crippen LogP contribution in [0.3, 0.4) is 0 Å². The molecule has 0 spiro atoms. The van der Waals surface area contributed by atoms with E-state index in [1.807, 2.05) is 0 Å². The number of hydrogen-bond donors (Lipinski definition) is 0. The second kappa shape index (κ2) is 61.9. The van der Waals surface area contributed by atoms with E-state index in [1.54, 1.807) is 0 Å². The summed E-state index contributed by atoms with van der Waals surface area (Å²) >= 11 is 0. The molecule has 0 fully saturated rings. The van der Waals surface area contributed by atoms with Gasteiger partial charge in [0.15, 0.2) is 6.10 Å². The summed E-state index contributed by atoms with van der Waals surface area (Å²) in [6.07, 6.45) is 82.6. The molecule has 1 unspecified atom stereocenters. The van der Waals surface area contributed by atoms with Crippen molar-refractivity contribution in [2.24, 2.45) is 0 Å². The summed E-state index contributed by atoms with van der Waals surface area (Å²) in [5.41, 5.74) is 0. The molecule has 1 atom stereocenters. The Balaban J connectivity index is 4.47. The summed E-state index contributed by atoms with van der Waals surface area (Å²) in [4.78, 5) is 38.3. The minimum atomic E-state index is -0.801. The van der Waals surface area contributed by atoms with Crippen LogP contribution < -0.4 is 0 Å². The Bertz CT molecular complexity index is 1460. The smallest absolute Gasteiger partial charge is 0.306 e. The quantitative estimate of drug-likeness (QED) is 0.0199. The highest BCUT2D eigenvalue weighted by Crippen LogP contribution is 2.16. The molecule has 6 nitrogen and oxygen atoms in total. The summed E-state index contributed by atoms with van der Waals surface area (Å²) in [7, 11) is 0. The molecular formula is C68H116O6. The molecule has 0 aliphatic carbocycles. The molecule has 0 N–H and O–H groups in total. The molecular weight excluding hydrogens is 913 g/mol. The molecule has 424 valence electrons. The van der Waals surface area contributed by atoms with Crippen LogP contribution in [0.4, 0.5) is 0 Å². The third kappa shape index (κ3) is 59.2. The van der Waals surface area contributed by atoms with Crippen LogP contribution in [0.25, 0.3) is 0 Å². The molecule has 0 radical (unpaired) electrons. The summed E-state index contributed by atoms with van der Waals surface area (Å²) in [5, 5.41) is 0. The lowest BCUT2D eigenvalue weighted by Crippen LogP contribution is -2.30. The predicted octanol–water partition coefficient (Wildman–Crippen LogP) is 21.3. The topological polar surface area (TPSA) is 78.9 Å². The van der Waals surface area contributed by atoms with Crippen LogP contribution in [0.2, 0.25) is 0 Å². The summed E-state index contributed by atoms with van der Waals surface area (Å²) in [6, 6.07) is 0. The first-order chi connectivity index (χ1) is 36.5. The van der Waals surface area contributed by atoms with Crippen molar-refractivity contribution >= 4 is 17.9 Å². The molecule has 0 saturated heterocycles. The van der Waals surface area contributed by atoms with E-state index in [9.17, 15) is 14.4 Å². The molecule has 0 aliphatic rings. The van der Waals surface area contributed by atoms with E-state index < -0.39 is 6.10 Å². The molecule has 74 heavy (non-hydrogen) atoms. The minimum absolute atomic E-state index is 0.0973. The van der Waals surface area contributed by atoms with E-state index in [4.69, 9.17) is 14.2 Å². The maximum absolute atomic E-state index is 12.9. The molecule has 0 amide bonds. The minimum Gasteiger partial charge on any atom is -0.462 e. The summed E-state index contributed by atoms with van der Waals surface area (Å²) in [6.45, 7) is 6.50. The Labute approximate surface area is 457 Å². The van der Waals surface area contributed by atoms with Crippen molar-refractivity contribution in [3.05, 3.63) is 97.2 Å². The number of hydrogen-bond acceptors (Lipinski definition) is 6. The zero-order chi connectivity index (χ0) is 53.6. The van der Waals surface area contributed by atoms with Crippen molar-refractivity contribution in [3.8, 4) is 0 Å². The lowest BCUT2D eigenvalue weighted by atomic mass is 10.0. The van der Waals surface area contributed by atoms with E-state index in [2.05, 4.69) is 118 Å². The van der Waals surface area contributed by atoms with Crippen LogP contribution >= 0.6 is 0 Å². The number of carbonyl (C=O) groups is 3. The van der Waals surface area contributed by atoms with E-state index in [0.717, 1.165) is 122 Å². The number of rotatable bonds is 56. The number of esters is 3. The average Bonchev–Trinajstić information content (AvgIpc) is 3.40. The second-order valence-corrected chi connectivity index (χ2v) is 20.6. The fraction of sp³-hybridized carbons (Fsp3) is 0.721. The Hall–Kier alpha value is -3.67. The van der Waals surface area contributed by atoms with Crippen LogP contribution in [0, 0.1) is 0 Å². The van der Waals surface area contributed by atoms with Crippen LogP contribution in [-0.4, -0.2) is 37.2 Å². The van der Waals surface area contributed by atoms with Crippen molar-refractivity contribution in [1.29, 1.82) is 0 Å². The van der Waals surface area contributed by atoms with Crippen molar-refractivity contribution in [2.45, 2.75) is 303 Å². The van der Waals surface area contributed by atoms with E-state index in [1.165, 1.54) is 135 Å². The monoisotopic (exact) mass is 1030 g/mol. The van der Waals surface area contributed by atoms with Gasteiger partial charge in [-0.25, -0.2) is 0 Å². The van der Waals surface area contributed by atoms with Gasteiger partial charge >= 0.3 is 17.9 Å². The first-order valence-electron chi connectivity index (χ1n) is 31.3. The van der Waals surface area contributed by atoms with Crippen molar-refractivity contribution < 1.29 is 28.6 Å². The molecule has 0 saturated carbocycles. The number of allylic oxidation sites excluding steroid dienone is 16. The van der Waals surface area contributed by atoms with Gasteiger partial charge in [0, 0.05) is 19.3 Å².